The van der Waals surface area contributed by atoms with E-state index in [4.69, 9.17) is 14.4 Å². The molecule has 0 bridgehead atoms. The molecule has 2 aliphatic rings. The van der Waals surface area contributed by atoms with Crippen molar-refractivity contribution in [1.82, 2.24) is 25.1 Å². The number of hydrogen-bond acceptors (Lipinski definition) is 8. The minimum Gasteiger partial charge on any atom is -0.415 e. The standard InChI is InChI=1S/C19H15N5OS2/c1-4-12-13(5-1)26-17-14(12)18(22-15(21-17)11-3-2-8-20-9-11)27-19-24-23-16(25-19)10-6-7-10/h2-3,8-10H,1,4-7H2. The summed E-state index contributed by atoms with van der Waals surface area (Å²) in [7, 11) is 0. The second-order valence-electron chi connectivity index (χ2n) is 6.91. The zero-order valence-electron chi connectivity index (χ0n) is 14.4. The Hall–Kier alpha value is -2.32. The number of nitrogens with zero attached hydrogens (tertiary/aromatic N) is 5. The highest BCUT2D eigenvalue weighted by atomic mass is 32.2. The third kappa shape index (κ3) is 2.74. The van der Waals surface area contributed by atoms with Crippen molar-refractivity contribution in [2.24, 2.45) is 0 Å². The molecule has 134 valence electrons. The average molecular weight is 393 g/mol. The van der Waals surface area contributed by atoms with Gasteiger partial charge in [-0.15, -0.1) is 21.5 Å². The topological polar surface area (TPSA) is 77.6 Å². The number of hydrogen-bond donors (Lipinski definition) is 0. The van der Waals surface area contributed by atoms with Gasteiger partial charge in [-0.25, -0.2) is 9.97 Å². The van der Waals surface area contributed by atoms with Crippen LogP contribution in [0.2, 0.25) is 0 Å². The lowest BCUT2D eigenvalue weighted by molar-refractivity contribution is 0.414. The molecule has 0 aromatic carbocycles. The molecular weight excluding hydrogens is 378 g/mol. The van der Waals surface area contributed by atoms with Gasteiger partial charge in [0, 0.05) is 34.1 Å². The van der Waals surface area contributed by atoms with Gasteiger partial charge in [-0.05, 0) is 61.6 Å². The molecule has 0 atom stereocenters. The van der Waals surface area contributed by atoms with E-state index in [0.29, 0.717) is 17.0 Å². The monoisotopic (exact) mass is 393 g/mol. The fourth-order valence-electron chi connectivity index (χ4n) is 3.50. The molecule has 1 fully saturated rings. The highest BCUT2D eigenvalue weighted by Gasteiger charge is 2.30. The van der Waals surface area contributed by atoms with Crippen molar-refractivity contribution in [1.29, 1.82) is 0 Å². The Morgan fingerprint density at radius 1 is 1.15 bits per heavy atom. The molecule has 4 aromatic rings. The highest BCUT2D eigenvalue weighted by molar-refractivity contribution is 7.99. The van der Waals surface area contributed by atoms with Crippen molar-refractivity contribution >= 4 is 33.3 Å². The molecule has 27 heavy (non-hydrogen) atoms. The molecule has 1 saturated carbocycles. The van der Waals surface area contributed by atoms with Crippen LogP contribution < -0.4 is 0 Å². The predicted octanol–water partition coefficient (Wildman–Crippen LogP) is 4.65. The quantitative estimate of drug-likeness (QED) is 0.467. The first-order valence-corrected chi connectivity index (χ1v) is 10.7. The van der Waals surface area contributed by atoms with E-state index < -0.39 is 0 Å². The fraction of sp³-hybridized carbons (Fsp3) is 0.316. The normalized spacial score (nSPS) is 16.1. The Bertz CT molecular complexity index is 1150. The van der Waals surface area contributed by atoms with Crippen LogP contribution in [0.3, 0.4) is 0 Å². The zero-order chi connectivity index (χ0) is 17.8. The Labute approximate surface area is 163 Å². The number of rotatable bonds is 4. The van der Waals surface area contributed by atoms with Crippen molar-refractivity contribution in [3.63, 3.8) is 0 Å². The van der Waals surface area contributed by atoms with Crippen LogP contribution in [0.4, 0.5) is 0 Å². The Balaban J connectivity index is 1.49. The number of thiophene rings is 1. The molecule has 2 aliphatic carbocycles. The van der Waals surface area contributed by atoms with E-state index in [-0.39, 0.29) is 0 Å². The number of fused-ring (bicyclic) bond motifs is 3. The van der Waals surface area contributed by atoms with Crippen LogP contribution in [0.25, 0.3) is 21.6 Å². The molecule has 0 saturated heterocycles. The van der Waals surface area contributed by atoms with Crippen LogP contribution in [0.15, 0.2) is 39.2 Å². The van der Waals surface area contributed by atoms with Crippen LogP contribution in [-0.4, -0.2) is 25.1 Å². The summed E-state index contributed by atoms with van der Waals surface area (Å²) in [5.74, 6) is 1.90. The van der Waals surface area contributed by atoms with Gasteiger partial charge in [0.15, 0.2) is 5.82 Å². The Kier molecular flexibility index (Phi) is 3.55. The largest absolute Gasteiger partial charge is 0.415 e. The maximum absolute atomic E-state index is 5.87. The minimum absolute atomic E-state index is 0.452. The lowest BCUT2D eigenvalue weighted by atomic mass is 10.2. The van der Waals surface area contributed by atoms with Crippen LogP contribution in [0.5, 0.6) is 0 Å². The van der Waals surface area contributed by atoms with Gasteiger partial charge >= 0.3 is 0 Å². The first-order valence-electron chi connectivity index (χ1n) is 9.09. The van der Waals surface area contributed by atoms with Crippen LogP contribution in [0, 0.1) is 0 Å². The van der Waals surface area contributed by atoms with Gasteiger partial charge < -0.3 is 4.42 Å². The molecule has 0 aliphatic heterocycles. The van der Waals surface area contributed by atoms with E-state index in [1.165, 1.54) is 28.6 Å². The molecule has 6 nitrogen and oxygen atoms in total. The third-order valence-electron chi connectivity index (χ3n) is 4.98. The summed E-state index contributed by atoms with van der Waals surface area (Å²) >= 11 is 3.25. The molecule has 0 unspecified atom stereocenters. The molecule has 0 amide bonds. The first kappa shape index (κ1) is 15.7. The summed E-state index contributed by atoms with van der Waals surface area (Å²) in [6, 6.07) is 3.89. The number of pyridine rings is 1. The lowest BCUT2D eigenvalue weighted by Crippen LogP contribution is -1.94. The summed E-state index contributed by atoms with van der Waals surface area (Å²) in [4.78, 5) is 16.4. The minimum atomic E-state index is 0.452. The van der Waals surface area contributed by atoms with Crippen molar-refractivity contribution < 1.29 is 4.42 Å². The van der Waals surface area contributed by atoms with E-state index in [1.54, 1.807) is 23.7 Å². The summed E-state index contributed by atoms with van der Waals surface area (Å²) in [5, 5.41) is 11.1. The molecule has 4 heterocycles. The van der Waals surface area contributed by atoms with Gasteiger partial charge in [-0.2, -0.15) is 0 Å². The van der Waals surface area contributed by atoms with E-state index in [2.05, 4.69) is 15.2 Å². The maximum atomic E-state index is 5.87. The first-order chi connectivity index (χ1) is 13.3. The molecule has 0 radical (unpaired) electrons. The van der Waals surface area contributed by atoms with Crippen LogP contribution >= 0.6 is 23.1 Å². The summed E-state index contributed by atoms with van der Waals surface area (Å²) in [5.41, 5.74) is 2.32. The fourth-order valence-corrected chi connectivity index (χ4v) is 5.65. The van der Waals surface area contributed by atoms with Crippen molar-refractivity contribution in [3.8, 4) is 11.4 Å². The summed E-state index contributed by atoms with van der Waals surface area (Å²) in [6.45, 7) is 0. The van der Waals surface area contributed by atoms with Crippen molar-refractivity contribution in [2.75, 3.05) is 0 Å². The molecule has 8 heteroatoms. The van der Waals surface area contributed by atoms with E-state index in [9.17, 15) is 0 Å². The van der Waals surface area contributed by atoms with Gasteiger partial charge in [0.2, 0.25) is 5.89 Å². The van der Waals surface area contributed by atoms with E-state index in [0.717, 1.165) is 52.4 Å². The van der Waals surface area contributed by atoms with Gasteiger partial charge in [0.25, 0.3) is 5.22 Å². The van der Waals surface area contributed by atoms with Gasteiger partial charge in [0.1, 0.15) is 9.86 Å². The highest BCUT2D eigenvalue weighted by Crippen LogP contribution is 2.44. The second-order valence-corrected chi connectivity index (χ2v) is 8.94. The molecule has 0 N–H and O–H groups in total. The maximum Gasteiger partial charge on any atom is 0.282 e. The zero-order valence-corrected chi connectivity index (χ0v) is 16.0. The number of aryl methyl sites for hydroxylation is 2. The molecule has 6 rings (SSSR count). The smallest absolute Gasteiger partial charge is 0.282 e. The number of aromatic nitrogens is 5. The summed E-state index contributed by atoms with van der Waals surface area (Å²) in [6.07, 6.45) is 9.28. The van der Waals surface area contributed by atoms with Gasteiger partial charge in [-0.1, -0.05) is 0 Å². The van der Waals surface area contributed by atoms with Gasteiger partial charge in [0.05, 0.1) is 0 Å². The van der Waals surface area contributed by atoms with Crippen molar-refractivity contribution in [3.05, 3.63) is 40.9 Å². The van der Waals surface area contributed by atoms with E-state index >= 15 is 0 Å². The Morgan fingerprint density at radius 3 is 2.96 bits per heavy atom. The molecule has 0 spiro atoms. The average Bonchev–Trinajstić information content (AvgIpc) is 3.10. The van der Waals surface area contributed by atoms with E-state index in [1.807, 2.05) is 12.1 Å². The van der Waals surface area contributed by atoms with Gasteiger partial charge in [-0.3, -0.25) is 4.98 Å². The SMILES string of the molecule is c1cncc(-c2nc(Sc3nnc(C4CC4)o3)c3c4c(sc3n2)CCC4)c1. The predicted molar refractivity (Wildman–Crippen MR) is 103 cm³/mol. The summed E-state index contributed by atoms with van der Waals surface area (Å²) < 4.78 is 5.87. The van der Waals surface area contributed by atoms with Crippen LogP contribution in [-0.2, 0) is 12.8 Å². The third-order valence-corrected chi connectivity index (χ3v) is 7.00. The Morgan fingerprint density at radius 2 is 2.11 bits per heavy atom. The lowest BCUT2D eigenvalue weighted by Gasteiger charge is -2.05. The molecule has 4 aromatic heterocycles. The van der Waals surface area contributed by atoms with Crippen molar-refractivity contribution in [2.45, 2.75) is 48.3 Å². The second kappa shape index (κ2) is 6.10. The molecular formula is C19H15N5OS2. The van der Waals surface area contributed by atoms with Crippen LogP contribution in [0.1, 0.15) is 41.5 Å².